The lowest BCUT2D eigenvalue weighted by molar-refractivity contribution is -0.131. The van der Waals surface area contributed by atoms with Crippen LogP contribution in [0.5, 0.6) is 0 Å². The third-order valence-corrected chi connectivity index (χ3v) is 4.89. The molecule has 29 heavy (non-hydrogen) atoms. The first-order chi connectivity index (χ1) is 13.6. The average Bonchev–Trinajstić information content (AvgIpc) is 3.32. The molecule has 1 rings (SSSR count). The molecule has 1 saturated carbocycles. The zero-order valence-electron chi connectivity index (χ0n) is 17.6. The van der Waals surface area contributed by atoms with E-state index < -0.39 is 35.8 Å². The van der Waals surface area contributed by atoms with Gasteiger partial charge >= 0.3 is 0 Å². The van der Waals surface area contributed by atoms with Gasteiger partial charge in [-0.05, 0) is 26.7 Å². The molecule has 0 spiro atoms. The number of amides is 4. The van der Waals surface area contributed by atoms with Gasteiger partial charge in [-0.2, -0.15) is 0 Å². The van der Waals surface area contributed by atoms with E-state index in [1.807, 2.05) is 0 Å². The molecule has 1 aliphatic carbocycles. The maximum absolute atomic E-state index is 12.4. The summed E-state index contributed by atoms with van der Waals surface area (Å²) < 4.78 is 0. The summed E-state index contributed by atoms with van der Waals surface area (Å²) in [5.41, 5.74) is 5.21. The number of carbonyl (C=O) groups excluding carboxylic acids is 5. The highest BCUT2D eigenvalue weighted by atomic mass is 16.2. The first-order valence-electron chi connectivity index (χ1n) is 10.3. The maximum Gasteiger partial charge on any atom is 0.242 e. The molecular weight excluding hydrogens is 376 g/mol. The number of hydrogen-bond acceptors (Lipinski definition) is 5. The summed E-state index contributed by atoms with van der Waals surface area (Å²) in [5.74, 6) is -1.76. The van der Waals surface area contributed by atoms with Gasteiger partial charge in [0.25, 0.3) is 0 Å². The zero-order valence-corrected chi connectivity index (χ0v) is 17.6. The van der Waals surface area contributed by atoms with Crippen LogP contribution in [0, 0.1) is 5.92 Å². The highest BCUT2D eigenvalue weighted by molar-refractivity contribution is 5.96. The Balaban J connectivity index is 2.42. The molecule has 4 atom stereocenters. The SMILES string of the molecule is CCCCCCC(=O)N[C@@H](C)C(=O)N[C@@H](C)C(=O)N[C@@H](CC(N)=O)CC1CC1=O. The Labute approximate surface area is 171 Å². The molecule has 5 N–H and O–H groups in total. The lowest BCUT2D eigenvalue weighted by atomic mass is 10.1. The van der Waals surface area contributed by atoms with E-state index in [0.717, 1.165) is 25.7 Å². The first-order valence-corrected chi connectivity index (χ1v) is 10.3. The first kappa shape index (κ1) is 24.6. The second-order valence-corrected chi connectivity index (χ2v) is 7.81. The van der Waals surface area contributed by atoms with E-state index >= 15 is 0 Å². The predicted octanol–water partition coefficient (Wildman–Crippen LogP) is 0.306. The Bertz CT molecular complexity index is 622. The molecule has 0 radical (unpaired) electrons. The highest BCUT2D eigenvalue weighted by Gasteiger charge is 2.37. The molecule has 0 aromatic heterocycles. The Morgan fingerprint density at radius 2 is 1.59 bits per heavy atom. The topological polar surface area (TPSA) is 147 Å². The summed E-state index contributed by atoms with van der Waals surface area (Å²) in [7, 11) is 0. The second kappa shape index (κ2) is 12.2. The van der Waals surface area contributed by atoms with Crippen LogP contribution < -0.4 is 21.7 Å². The fraction of sp³-hybridized carbons (Fsp3) is 0.750. The van der Waals surface area contributed by atoms with Gasteiger partial charge < -0.3 is 21.7 Å². The number of hydrogen-bond donors (Lipinski definition) is 4. The van der Waals surface area contributed by atoms with Crippen LogP contribution in [0.1, 0.15) is 72.1 Å². The molecular formula is C20H34N4O5. The predicted molar refractivity (Wildman–Crippen MR) is 107 cm³/mol. The number of carbonyl (C=O) groups is 5. The van der Waals surface area contributed by atoms with Crippen molar-refractivity contribution in [1.82, 2.24) is 16.0 Å². The lowest BCUT2D eigenvalue weighted by Crippen LogP contribution is -2.53. The number of unbranched alkanes of at least 4 members (excludes halogenated alkanes) is 3. The van der Waals surface area contributed by atoms with Crippen LogP contribution in [0.4, 0.5) is 0 Å². The summed E-state index contributed by atoms with van der Waals surface area (Å²) in [5, 5.41) is 7.85. The largest absolute Gasteiger partial charge is 0.370 e. The number of ketones is 1. The Kier molecular flexibility index (Phi) is 10.3. The zero-order chi connectivity index (χ0) is 22.0. The van der Waals surface area contributed by atoms with Gasteiger partial charge in [-0.3, -0.25) is 24.0 Å². The number of nitrogens with two attached hydrogens (primary N) is 1. The molecule has 4 amide bonds. The number of nitrogens with one attached hydrogen (secondary N) is 3. The van der Waals surface area contributed by atoms with Crippen molar-refractivity contribution in [3.8, 4) is 0 Å². The van der Waals surface area contributed by atoms with E-state index in [9.17, 15) is 24.0 Å². The second-order valence-electron chi connectivity index (χ2n) is 7.81. The Morgan fingerprint density at radius 1 is 1.00 bits per heavy atom. The number of Topliss-reactive ketones (excluding diaryl/α,β-unsaturated/α-hetero) is 1. The Morgan fingerprint density at radius 3 is 2.14 bits per heavy atom. The molecule has 1 fully saturated rings. The molecule has 0 aromatic rings. The minimum atomic E-state index is -0.864. The molecule has 0 heterocycles. The van der Waals surface area contributed by atoms with Crippen molar-refractivity contribution in [2.24, 2.45) is 11.7 Å². The van der Waals surface area contributed by atoms with Crippen LogP contribution in [0.2, 0.25) is 0 Å². The Hall–Kier alpha value is -2.45. The van der Waals surface area contributed by atoms with Gasteiger partial charge in [0.2, 0.25) is 23.6 Å². The summed E-state index contributed by atoms with van der Waals surface area (Å²) >= 11 is 0. The van der Waals surface area contributed by atoms with Crippen LogP contribution in [-0.4, -0.2) is 47.5 Å². The molecule has 9 nitrogen and oxygen atoms in total. The monoisotopic (exact) mass is 410 g/mol. The van der Waals surface area contributed by atoms with Crippen molar-refractivity contribution in [1.29, 1.82) is 0 Å². The van der Waals surface area contributed by atoms with E-state index in [1.165, 1.54) is 6.92 Å². The number of primary amides is 1. The third kappa shape index (κ3) is 10.0. The fourth-order valence-electron chi connectivity index (χ4n) is 3.00. The average molecular weight is 411 g/mol. The van der Waals surface area contributed by atoms with Gasteiger partial charge in [0.15, 0.2) is 0 Å². The standard InChI is InChI=1S/C20H34N4O5/c1-4-5-6-7-8-18(27)22-12(2)19(28)23-13(3)20(29)24-15(11-17(21)26)9-14-10-16(14)25/h12-15H,4-11H2,1-3H3,(H2,21,26)(H,22,27)(H,23,28)(H,24,29)/t12-,13-,14?,15+/m0/s1. The summed E-state index contributed by atoms with van der Waals surface area (Å²) in [6.45, 7) is 5.15. The van der Waals surface area contributed by atoms with Crippen molar-refractivity contribution in [2.75, 3.05) is 0 Å². The quantitative estimate of drug-likeness (QED) is 0.304. The molecule has 0 aromatic carbocycles. The van der Waals surface area contributed by atoms with E-state index in [4.69, 9.17) is 5.73 Å². The molecule has 0 bridgehead atoms. The normalized spacial score (nSPS) is 18.3. The van der Waals surface area contributed by atoms with Gasteiger partial charge in [0, 0.05) is 31.2 Å². The molecule has 1 aliphatic rings. The third-order valence-electron chi connectivity index (χ3n) is 4.89. The van der Waals surface area contributed by atoms with Gasteiger partial charge in [-0.25, -0.2) is 0 Å². The van der Waals surface area contributed by atoms with Crippen molar-refractivity contribution >= 4 is 29.4 Å². The smallest absolute Gasteiger partial charge is 0.242 e. The van der Waals surface area contributed by atoms with Crippen molar-refractivity contribution in [2.45, 2.75) is 90.3 Å². The van der Waals surface area contributed by atoms with E-state index in [1.54, 1.807) is 6.92 Å². The fourth-order valence-corrected chi connectivity index (χ4v) is 3.00. The molecule has 0 saturated heterocycles. The van der Waals surface area contributed by atoms with Crippen LogP contribution in [0.25, 0.3) is 0 Å². The van der Waals surface area contributed by atoms with Crippen molar-refractivity contribution < 1.29 is 24.0 Å². The number of rotatable bonds is 14. The maximum atomic E-state index is 12.4. The van der Waals surface area contributed by atoms with Gasteiger partial charge in [0.1, 0.15) is 17.9 Å². The van der Waals surface area contributed by atoms with Crippen molar-refractivity contribution in [3.05, 3.63) is 0 Å². The molecule has 1 unspecified atom stereocenters. The van der Waals surface area contributed by atoms with Gasteiger partial charge in [-0.1, -0.05) is 26.2 Å². The minimum Gasteiger partial charge on any atom is -0.370 e. The van der Waals surface area contributed by atoms with Crippen LogP contribution >= 0.6 is 0 Å². The molecule has 9 heteroatoms. The van der Waals surface area contributed by atoms with Gasteiger partial charge in [-0.15, -0.1) is 0 Å². The van der Waals surface area contributed by atoms with Crippen LogP contribution in [0.3, 0.4) is 0 Å². The van der Waals surface area contributed by atoms with Crippen molar-refractivity contribution in [3.63, 3.8) is 0 Å². The van der Waals surface area contributed by atoms with E-state index in [2.05, 4.69) is 22.9 Å². The summed E-state index contributed by atoms with van der Waals surface area (Å²) in [6, 6.07) is -2.18. The molecule has 0 aliphatic heterocycles. The van der Waals surface area contributed by atoms with Gasteiger partial charge in [0.05, 0.1) is 0 Å². The lowest BCUT2D eigenvalue weighted by Gasteiger charge is -2.22. The highest BCUT2D eigenvalue weighted by Crippen LogP contribution is 2.29. The van der Waals surface area contributed by atoms with Crippen LogP contribution in [0.15, 0.2) is 0 Å². The van der Waals surface area contributed by atoms with E-state index in [0.29, 0.717) is 19.3 Å². The van der Waals surface area contributed by atoms with Crippen LogP contribution in [-0.2, 0) is 24.0 Å². The molecule has 164 valence electrons. The summed E-state index contributed by atoms with van der Waals surface area (Å²) in [6.07, 6.45) is 5.01. The minimum absolute atomic E-state index is 0.0688. The summed E-state index contributed by atoms with van der Waals surface area (Å²) in [4.78, 5) is 58.9. The van der Waals surface area contributed by atoms with E-state index in [-0.39, 0.29) is 24.0 Å².